The van der Waals surface area contributed by atoms with E-state index in [4.69, 9.17) is 29.8 Å². The highest BCUT2D eigenvalue weighted by molar-refractivity contribution is 6.39. The Bertz CT molecular complexity index is 855. The average molecular weight is 402 g/mol. The first-order valence-corrected chi connectivity index (χ1v) is 9.97. The molecule has 4 heteroatoms. The van der Waals surface area contributed by atoms with Crippen LogP contribution in [0.5, 0.6) is 0 Å². The standard InChI is InChI=1S/C23H25Cl2NO/c1-14(2)8-17-6-7-18(13-22(17)26-5)23-20(24)11-16(12-21(23)25)10-19(27)9-15(3)4/h6-7,11-15H,8-10H2,1-4H3. The predicted octanol–water partition coefficient (Wildman–Crippen LogP) is 7.57. The highest BCUT2D eigenvalue weighted by Crippen LogP contribution is 2.38. The first-order chi connectivity index (χ1) is 12.7. The Balaban J connectivity index is 2.37. The van der Waals surface area contributed by atoms with E-state index in [1.165, 1.54) is 0 Å². The summed E-state index contributed by atoms with van der Waals surface area (Å²) in [5, 5.41) is 1.00. The fraction of sp³-hybridized carbons (Fsp3) is 0.391. The minimum atomic E-state index is 0.179. The van der Waals surface area contributed by atoms with Gasteiger partial charge in [0, 0.05) is 18.4 Å². The number of nitrogens with zero attached hydrogens (tertiary/aromatic N) is 1. The number of carbonyl (C=O) groups is 1. The van der Waals surface area contributed by atoms with Gasteiger partial charge in [0.15, 0.2) is 5.69 Å². The average Bonchev–Trinajstić information content (AvgIpc) is 2.54. The van der Waals surface area contributed by atoms with E-state index in [1.54, 1.807) is 12.1 Å². The van der Waals surface area contributed by atoms with Crippen LogP contribution in [0.15, 0.2) is 30.3 Å². The quantitative estimate of drug-likeness (QED) is 0.438. The molecule has 2 aromatic carbocycles. The molecular weight excluding hydrogens is 377 g/mol. The molecule has 142 valence electrons. The SMILES string of the molecule is [C-]#[N+]c1cc(-c2c(Cl)cc(CC(=O)CC(C)C)cc2Cl)ccc1CC(C)C. The molecule has 0 aliphatic heterocycles. The first kappa shape index (κ1) is 21.5. The minimum Gasteiger partial charge on any atom is -0.299 e. The van der Waals surface area contributed by atoms with E-state index < -0.39 is 0 Å². The molecule has 0 saturated carbocycles. The topological polar surface area (TPSA) is 21.4 Å². The lowest BCUT2D eigenvalue weighted by molar-refractivity contribution is -0.119. The van der Waals surface area contributed by atoms with Crippen LogP contribution >= 0.6 is 23.2 Å². The summed E-state index contributed by atoms with van der Waals surface area (Å²) in [7, 11) is 0. The Morgan fingerprint density at radius 2 is 1.67 bits per heavy atom. The molecule has 0 bridgehead atoms. The monoisotopic (exact) mass is 401 g/mol. The fourth-order valence-electron chi connectivity index (χ4n) is 3.19. The lowest BCUT2D eigenvalue weighted by Gasteiger charge is -2.13. The van der Waals surface area contributed by atoms with Crippen molar-refractivity contribution in [1.29, 1.82) is 0 Å². The van der Waals surface area contributed by atoms with E-state index in [2.05, 4.69) is 18.7 Å². The predicted molar refractivity (Wildman–Crippen MR) is 115 cm³/mol. The minimum absolute atomic E-state index is 0.179. The summed E-state index contributed by atoms with van der Waals surface area (Å²) in [5.41, 5.74) is 4.01. The second-order valence-electron chi connectivity index (χ2n) is 7.80. The van der Waals surface area contributed by atoms with Crippen LogP contribution in [0, 0.1) is 18.4 Å². The van der Waals surface area contributed by atoms with Crippen LogP contribution in [0.25, 0.3) is 16.0 Å². The van der Waals surface area contributed by atoms with Crippen LogP contribution in [0.1, 0.15) is 45.2 Å². The summed E-state index contributed by atoms with van der Waals surface area (Å²) in [5.74, 6) is 0.989. The molecule has 0 unspecified atom stereocenters. The largest absolute Gasteiger partial charge is 0.299 e. The molecule has 0 spiro atoms. The number of carbonyl (C=O) groups excluding carboxylic acids is 1. The van der Waals surface area contributed by atoms with Gasteiger partial charge in [-0.3, -0.25) is 4.79 Å². The molecule has 27 heavy (non-hydrogen) atoms. The highest BCUT2D eigenvalue weighted by atomic mass is 35.5. The molecule has 2 nitrogen and oxygen atoms in total. The lowest BCUT2D eigenvalue weighted by atomic mass is 9.95. The molecule has 0 aliphatic rings. The van der Waals surface area contributed by atoms with E-state index >= 15 is 0 Å². The third-order valence-electron chi connectivity index (χ3n) is 4.26. The van der Waals surface area contributed by atoms with E-state index in [9.17, 15) is 4.79 Å². The maximum Gasteiger partial charge on any atom is 0.191 e. The Morgan fingerprint density at radius 1 is 1.04 bits per heavy atom. The van der Waals surface area contributed by atoms with E-state index in [-0.39, 0.29) is 5.78 Å². The van der Waals surface area contributed by atoms with Crippen LogP contribution in [0.3, 0.4) is 0 Å². The van der Waals surface area contributed by atoms with E-state index in [0.29, 0.717) is 46.0 Å². The Labute approximate surface area is 172 Å². The molecule has 0 amide bonds. The van der Waals surface area contributed by atoms with Crippen molar-refractivity contribution < 1.29 is 4.79 Å². The number of halogens is 2. The van der Waals surface area contributed by atoms with Crippen molar-refractivity contribution in [1.82, 2.24) is 0 Å². The summed E-state index contributed by atoms with van der Waals surface area (Å²) < 4.78 is 0. The van der Waals surface area contributed by atoms with E-state index in [0.717, 1.165) is 23.1 Å². The van der Waals surface area contributed by atoms with Gasteiger partial charge in [-0.25, -0.2) is 4.85 Å². The van der Waals surface area contributed by atoms with Crippen LogP contribution < -0.4 is 0 Å². The molecule has 2 rings (SSSR count). The zero-order valence-corrected chi connectivity index (χ0v) is 17.8. The second kappa shape index (κ2) is 9.40. The van der Waals surface area contributed by atoms with Gasteiger partial charge in [-0.1, -0.05) is 63.0 Å². The van der Waals surface area contributed by atoms with Crippen LogP contribution in [-0.2, 0) is 17.6 Å². The number of rotatable bonds is 7. The van der Waals surface area contributed by atoms with Crippen molar-refractivity contribution in [3.63, 3.8) is 0 Å². The first-order valence-electron chi connectivity index (χ1n) is 9.21. The fourth-order valence-corrected chi connectivity index (χ4v) is 3.94. The number of ketones is 1. The van der Waals surface area contributed by atoms with Crippen molar-refractivity contribution in [2.45, 2.75) is 47.0 Å². The van der Waals surface area contributed by atoms with Gasteiger partial charge >= 0.3 is 0 Å². The zero-order chi connectivity index (χ0) is 20.1. The Hall–Kier alpha value is -1.82. The number of benzene rings is 2. The highest BCUT2D eigenvalue weighted by Gasteiger charge is 2.15. The van der Waals surface area contributed by atoms with Crippen LogP contribution in [0.2, 0.25) is 10.0 Å². The molecule has 0 heterocycles. The van der Waals surface area contributed by atoms with Gasteiger partial charge in [-0.2, -0.15) is 0 Å². The maximum absolute atomic E-state index is 12.1. The smallest absolute Gasteiger partial charge is 0.191 e. The molecule has 0 radical (unpaired) electrons. The molecule has 0 saturated heterocycles. The van der Waals surface area contributed by atoms with Gasteiger partial charge < -0.3 is 0 Å². The van der Waals surface area contributed by atoms with Crippen LogP contribution in [0.4, 0.5) is 5.69 Å². The summed E-state index contributed by atoms with van der Waals surface area (Å²) in [6, 6.07) is 9.40. The van der Waals surface area contributed by atoms with Crippen molar-refractivity contribution in [2.75, 3.05) is 0 Å². The molecule has 2 aromatic rings. The van der Waals surface area contributed by atoms with Crippen molar-refractivity contribution >= 4 is 34.7 Å². The summed E-state index contributed by atoms with van der Waals surface area (Å²) in [6.07, 6.45) is 1.73. The summed E-state index contributed by atoms with van der Waals surface area (Å²) in [6.45, 7) is 15.8. The van der Waals surface area contributed by atoms with Crippen molar-refractivity contribution in [2.24, 2.45) is 11.8 Å². The van der Waals surface area contributed by atoms with Crippen molar-refractivity contribution in [3.8, 4) is 11.1 Å². The van der Waals surface area contributed by atoms with Gasteiger partial charge in [-0.05, 0) is 53.1 Å². The third kappa shape index (κ3) is 5.83. The summed E-state index contributed by atoms with van der Waals surface area (Å²) >= 11 is 13.0. The molecule has 0 aromatic heterocycles. The van der Waals surface area contributed by atoms with Gasteiger partial charge in [0.25, 0.3) is 0 Å². The second-order valence-corrected chi connectivity index (χ2v) is 8.62. The summed E-state index contributed by atoms with van der Waals surface area (Å²) in [4.78, 5) is 15.8. The third-order valence-corrected chi connectivity index (χ3v) is 4.86. The number of Topliss-reactive ketones (excluding diaryl/α,β-unsaturated/α-hetero) is 1. The molecular formula is C23H25Cl2NO. The lowest BCUT2D eigenvalue weighted by Crippen LogP contribution is -2.06. The zero-order valence-electron chi connectivity index (χ0n) is 16.3. The van der Waals surface area contributed by atoms with Gasteiger partial charge in [0.05, 0.1) is 16.6 Å². The van der Waals surface area contributed by atoms with Crippen molar-refractivity contribution in [3.05, 3.63) is 62.9 Å². The molecule has 0 aliphatic carbocycles. The Kier molecular flexibility index (Phi) is 7.48. The molecule has 0 N–H and O–H groups in total. The van der Waals surface area contributed by atoms with Gasteiger partial charge in [0.1, 0.15) is 5.78 Å². The molecule has 0 atom stereocenters. The number of hydrogen-bond acceptors (Lipinski definition) is 1. The van der Waals surface area contributed by atoms with Gasteiger partial charge in [-0.15, -0.1) is 0 Å². The maximum atomic E-state index is 12.1. The molecule has 0 fully saturated rings. The van der Waals surface area contributed by atoms with Crippen LogP contribution in [-0.4, -0.2) is 5.78 Å². The van der Waals surface area contributed by atoms with Gasteiger partial charge in [0.2, 0.25) is 0 Å². The normalized spacial score (nSPS) is 11.1. The Morgan fingerprint density at radius 3 is 2.19 bits per heavy atom. The number of hydrogen-bond donors (Lipinski definition) is 0. The van der Waals surface area contributed by atoms with E-state index in [1.807, 2.05) is 32.0 Å².